The average Bonchev–Trinajstić information content (AvgIpc) is 3.62. The van der Waals surface area contributed by atoms with Crippen molar-refractivity contribution in [1.29, 1.82) is 0 Å². The van der Waals surface area contributed by atoms with E-state index in [0.717, 1.165) is 27.8 Å². The number of pyridine rings is 2. The Morgan fingerprint density at radius 3 is 2.19 bits per heavy atom. The summed E-state index contributed by atoms with van der Waals surface area (Å²) < 4.78 is 25.8. The Hall–Kier alpha value is -5.79. The summed E-state index contributed by atoms with van der Waals surface area (Å²) >= 11 is 0. The summed E-state index contributed by atoms with van der Waals surface area (Å²) in [6, 6.07) is 28.1. The summed E-state index contributed by atoms with van der Waals surface area (Å²) in [5.41, 5.74) is 8.86. The second kappa shape index (κ2) is 17.8. The van der Waals surface area contributed by atoms with Gasteiger partial charge in [0.2, 0.25) is 0 Å². The first kappa shape index (κ1) is 45.2. The average molecular weight is 873 g/mol. The van der Waals surface area contributed by atoms with E-state index in [1.807, 2.05) is 37.3 Å². The molecule has 0 bridgehead atoms. The molecule has 13 heteroatoms. The number of benzene rings is 3. The smallest absolute Gasteiger partial charge is 0.407 e. The minimum Gasteiger partial charge on any atom is -0.683 e. The molecule has 12 nitrogen and oxygen atoms in total. The van der Waals surface area contributed by atoms with E-state index in [-0.39, 0.29) is 30.2 Å². The van der Waals surface area contributed by atoms with Crippen molar-refractivity contribution in [3.05, 3.63) is 118 Å². The lowest BCUT2D eigenvalue weighted by Gasteiger charge is -2.55. The van der Waals surface area contributed by atoms with Crippen LogP contribution in [0.25, 0.3) is 22.3 Å². The molecule has 0 unspecified atom stereocenters. The van der Waals surface area contributed by atoms with Crippen molar-refractivity contribution in [3.8, 4) is 17.1 Å². The Balaban J connectivity index is 1.18. The summed E-state index contributed by atoms with van der Waals surface area (Å²) in [5, 5.41) is 5.78. The summed E-state index contributed by atoms with van der Waals surface area (Å²) in [6.45, 7) is 16.2. The van der Waals surface area contributed by atoms with Crippen LogP contribution in [0.2, 0.25) is 5.04 Å². The SMILES string of the molecule is CCc1c2c(nc3ccc(O[Si-](c4ccccc4)(c4ccccc4)C(C)(C)C)cc13)-c1cc3c(c(=O)n1C2)COC(=O)[C@@]3(CC)COC(=O)[C@@H](N)CCCCNC(=O)OC(C)(C)C. The van der Waals surface area contributed by atoms with Gasteiger partial charge in [0.25, 0.3) is 5.56 Å². The maximum atomic E-state index is 14.4. The van der Waals surface area contributed by atoms with Crippen LogP contribution >= 0.6 is 0 Å². The Kier molecular flexibility index (Phi) is 12.8. The number of esters is 2. The number of carbonyl (C=O) groups is 3. The van der Waals surface area contributed by atoms with Crippen molar-refractivity contribution >= 4 is 47.6 Å². The summed E-state index contributed by atoms with van der Waals surface area (Å²) in [4.78, 5) is 58.6. The molecule has 2 aliphatic heterocycles. The maximum absolute atomic E-state index is 14.4. The van der Waals surface area contributed by atoms with E-state index in [1.54, 1.807) is 25.3 Å². The standard InChI is InChI=1S/C50H60N4O8Si/c1-9-35-36-27-32(62-63(49(6,7)8,33-19-13-11-14-20-33)34-21-15-12-16-22-34)24-25-41(36)53-43-37(35)29-54-42(43)28-39-38(44(54)55)30-59-46(57)50(39,10-2)31-60-45(56)40(51)23-17-18-26-52-47(58)61-48(3,4)5/h11-16,19-22,24-25,27-28,40H,9-10,17-18,23,26,29-31,51H2,1-8H3,(H,52,58)/q-1/t40-,50-/m0/s1. The van der Waals surface area contributed by atoms with E-state index < -0.39 is 43.4 Å². The minimum atomic E-state index is -2.92. The van der Waals surface area contributed by atoms with E-state index in [0.29, 0.717) is 61.3 Å². The number of hydrogen-bond donors (Lipinski definition) is 2. The molecule has 0 saturated heterocycles. The first-order valence-corrected chi connectivity index (χ1v) is 23.9. The van der Waals surface area contributed by atoms with Crippen molar-refractivity contribution < 1.29 is 33.0 Å². The van der Waals surface area contributed by atoms with Gasteiger partial charge in [-0.25, -0.2) is 9.78 Å². The quantitative estimate of drug-likeness (QED) is 0.0496. The van der Waals surface area contributed by atoms with Crippen LogP contribution in [0.3, 0.4) is 0 Å². The second-order valence-corrected chi connectivity index (χ2v) is 22.9. The predicted molar refractivity (Wildman–Crippen MR) is 247 cm³/mol. The lowest BCUT2D eigenvalue weighted by atomic mass is 9.75. The molecule has 0 saturated carbocycles. The lowest BCUT2D eigenvalue weighted by molar-refractivity contribution is -0.161. The molecule has 5 aromatic rings. The zero-order valence-corrected chi connectivity index (χ0v) is 38.8. The molecule has 2 aliphatic rings. The molecule has 0 radical (unpaired) electrons. The number of aromatic nitrogens is 2. The van der Waals surface area contributed by atoms with Crippen LogP contribution in [0, 0.1) is 0 Å². The van der Waals surface area contributed by atoms with Crippen LogP contribution in [-0.4, -0.2) is 60.7 Å². The van der Waals surface area contributed by atoms with Gasteiger partial charge in [-0.2, -0.15) is 0 Å². The summed E-state index contributed by atoms with van der Waals surface area (Å²) in [7, 11) is -2.92. The van der Waals surface area contributed by atoms with Crippen molar-refractivity contribution in [2.45, 2.75) is 123 Å². The zero-order chi connectivity index (χ0) is 45.3. The number of rotatable bonds is 14. The molecule has 3 aromatic carbocycles. The topological polar surface area (TPSA) is 161 Å². The predicted octanol–water partition coefficient (Wildman–Crippen LogP) is 7.20. The number of unbranched alkanes of at least 4 members (excludes halogenated alkanes) is 1. The highest BCUT2D eigenvalue weighted by molar-refractivity contribution is 7.00. The van der Waals surface area contributed by atoms with Gasteiger partial charge in [-0.15, -0.1) is 15.4 Å². The highest BCUT2D eigenvalue weighted by Gasteiger charge is 2.48. The van der Waals surface area contributed by atoms with E-state index in [1.165, 1.54) is 10.4 Å². The molecule has 3 N–H and O–H groups in total. The Morgan fingerprint density at radius 1 is 0.921 bits per heavy atom. The fourth-order valence-electron chi connectivity index (χ4n) is 9.16. The zero-order valence-electron chi connectivity index (χ0n) is 37.8. The summed E-state index contributed by atoms with van der Waals surface area (Å²) in [5.74, 6) is -0.474. The molecule has 63 heavy (non-hydrogen) atoms. The first-order valence-electron chi connectivity index (χ1n) is 22.0. The van der Waals surface area contributed by atoms with Crippen molar-refractivity contribution in [1.82, 2.24) is 14.9 Å². The number of fused-ring (bicyclic) bond motifs is 5. The van der Waals surface area contributed by atoms with Gasteiger partial charge in [0.15, 0.2) is 0 Å². The van der Waals surface area contributed by atoms with E-state index in [4.69, 9.17) is 29.4 Å². The van der Waals surface area contributed by atoms with Crippen LogP contribution < -0.4 is 31.4 Å². The van der Waals surface area contributed by atoms with Crippen LogP contribution in [-0.2, 0) is 48.8 Å². The van der Waals surface area contributed by atoms with Crippen LogP contribution in [0.1, 0.15) is 103 Å². The fourth-order valence-corrected chi connectivity index (χ4v) is 13.6. The van der Waals surface area contributed by atoms with E-state index >= 15 is 0 Å². The molecule has 1 amide bonds. The second-order valence-electron chi connectivity index (χ2n) is 18.7. The summed E-state index contributed by atoms with van der Waals surface area (Å²) in [6.07, 6.45) is 1.83. The Morgan fingerprint density at radius 2 is 1.59 bits per heavy atom. The van der Waals surface area contributed by atoms with Gasteiger partial charge in [-0.05, 0) is 88.3 Å². The number of nitrogens with two attached hydrogens (primary N) is 1. The van der Waals surface area contributed by atoms with Gasteiger partial charge in [0, 0.05) is 17.5 Å². The van der Waals surface area contributed by atoms with Gasteiger partial charge in [0.05, 0.1) is 34.8 Å². The highest BCUT2D eigenvalue weighted by Crippen LogP contribution is 2.43. The molecule has 2 atom stereocenters. The Bertz CT molecular complexity index is 2540. The number of aryl methyl sites for hydroxylation is 1. The normalized spacial score (nSPS) is 16.4. The van der Waals surface area contributed by atoms with Crippen LogP contribution in [0.15, 0.2) is 89.7 Å². The number of hydrogen-bond acceptors (Lipinski definition) is 10. The number of nitrogens with one attached hydrogen (secondary N) is 1. The van der Waals surface area contributed by atoms with E-state index in [2.05, 4.69) is 87.6 Å². The fraction of sp³-hybridized carbons (Fsp3) is 0.420. The molecule has 7 rings (SSSR count). The van der Waals surface area contributed by atoms with Crippen molar-refractivity contribution in [2.75, 3.05) is 13.2 Å². The minimum absolute atomic E-state index is 0.185. The molecule has 4 heterocycles. The molecule has 0 fully saturated rings. The third-order valence-corrected chi connectivity index (χ3v) is 17.4. The third-order valence-electron chi connectivity index (χ3n) is 12.4. The van der Waals surface area contributed by atoms with E-state index in [9.17, 15) is 19.2 Å². The lowest BCUT2D eigenvalue weighted by Crippen LogP contribution is -2.68. The highest BCUT2D eigenvalue weighted by atomic mass is 28.4. The Labute approximate surface area is 370 Å². The van der Waals surface area contributed by atoms with Crippen LogP contribution in [0.5, 0.6) is 5.75 Å². The molecular weight excluding hydrogens is 813 g/mol. The number of alkyl carbamates (subject to hydrolysis) is 1. The van der Waals surface area contributed by atoms with Gasteiger partial charge in [-0.1, -0.05) is 95.3 Å². The van der Waals surface area contributed by atoms with Gasteiger partial charge in [0.1, 0.15) is 38.6 Å². The number of carbonyl (C=O) groups excluding carboxylic acids is 3. The number of ether oxygens (including phenoxy) is 3. The monoisotopic (exact) mass is 872 g/mol. The number of cyclic esters (lactones) is 1. The molecular formula is C50H60N4O8Si-. The maximum Gasteiger partial charge on any atom is 0.407 e. The third kappa shape index (κ3) is 8.65. The first-order chi connectivity index (χ1) is 29.9. The molecule has 333 valence electrons. The van der Waals surface area contributed by atoms with Crippen molar-refractivity contribution in [3.63, 3.8) is 0 Å². The van der Waals surface area contributed by atoms with Crippen molar-refractivity contribution in [2.24, 2.45) is 5.73 Å². The van der Waals surface area contributed by atoms with Gasteiger partial charge < -0.3 is 34.3 Å². The number of amides is 1. The van der Waals surface area contributed by atoms with Crippen LogP contribution in [0.4, 0.5) is 4.79 Å². The molecule has 2 aromatic heterocycles. The molecule has 0 spiro atoms. The van der Waals surface area contributed by atoms with Gasteiger partial charge >= 0.3 is 18.0 Å². The number of nitrogens with zero attached hydrogens (tertiary/aromatic N) is 2. The molecule has 0 aliphatic carbocycles. The van der Waals surface area contributed by atoms with Gasteiger partial charge in [-0.3, -0.25) is 14.4 Å². The largest absolute Gasteiger partial charge is 0.683 e.